The Hall–Kier alpha value is -3.60. The number of hydrogen-bond acceptors (Lipinski definition) is 4. The van der Waals surface area contributed by atoms with E-state index in [1.54, 1.807) is 0 Å². The van der Waals surface area contributed by atoms with Crippen molar-refractivity contribution in [1.29, 1.82) is 0 Å². The predicted octanol–water partition coefficient (Wildman–Crippen LogP) is 6.03. The zero-order valence-electron chi connectivity index (χ0n) is 20.7. The van der Waals surface area contributed by atoms with E-state index in [0.29, 0.717) is 0 Å². The van der Waals surface area contributed by atoms with Crippen molar-refractivity contribution < 1.29 is 19.7 Å². The Balaban J connectivity index is 1.76. The largest absolute Gasteiger partial charge is 0.491 e. The van der Waals surface area contributed by atoms with Gasteiger partial charge in [0, 0.05) is 11.8 Å². The molecule has 0 aliphatic rings. The highest BCUT2D eigenvalue weighted by Crippen LogP contribution is 2.44. The standard InChI is InChI=1S/C32H34O4/c1-24(31(25-8-4-2-5-9-25)26-10-6-3-7-11-26)32(27-12-16-29(17-13-27)35-22-20-33)28-14-18-30(19-15-28)36-23-21-34/h2-19,24,31-34H,20-23H2,1H3. The van der Waals surface area contributed by atoms with Crippen molar-refractivity contribution >= 4 is 0 Å². The van der Waals surface area contributed by atoms with E-state index in [1.807, 2.05) is 24.3 Å². The molecule has 0 amide bonds. The van der Waals surface area contributed by atoms with Gasteiger partial charge in [-0.25, -0.2) is 0 Å². The fourth-order valence-electron chi connectivity index (χ4n) is 4.98. The molecule has 0 spiro atoms. The van der Waals surface area contributed by atoms with Gasteiger partial charge in [0.05, 0.1) is 13.2 Å². The average Bonchev–Trinajstić information content (AvgIpc) is 2.93. The third-order valence-corrected chi connectivity index (χ3v) is 6.57. The second kappa shape index (κ2) is 12.9. The maximum Gasteiger partial charge on any atom is 0.119 e. The van der Waals surface area contributed by atoms with Crippen LogP contribution in [-0.4, -0.2) is 36.6 Å². The first kappa shape index (κ1) is 25.5. The van der Waals surface area contributed by atoms with Gasteiger partial charge in [-0.2, -0.15) is 0 Å². The molecule has 0 aliphatic carbocycles. The molecule has 2 N–H and O–H groups in total. The number of rotatable bonds is 12. The lowest BCUT2D eigenvalue weighted by molar-refractivity contribution is 0.201. The molecule has 0 aliphatic heterocycles. The SMILES string of the molecule is CC(C(c1ccccc1)c1ccccc1)C(c1ccc(OCCO)cc1)c1ccc(OCCO)cc1. The molecule has 0 fully saturated rings. The van der Waals surface area contributed by atoms with Crippen LogP contribution in [0.2, 0.25) is 0 Å². The lowest BCUT2D eigenvalue weighted by atomic mass is 9.70. The minimum Gasteiger partial charge on any atom is -0.491 e. The summed E-state index contributed by atoms with van der Waals surface area (Å²) in [5.74, 6) is 2.01. The molecule has 0 saturated heterocycles. The highest BCUT2D eigenvalue weighted by atomic mass is 16.5. The first-order chi connectivity index (χ1) is 17.7. The monoisotopic (exact) mass is 482 g/mol. The third-order valence-electron chi connectivity index (χ3n) is 6.57. The van der Waals surface area contributed by atoms with E-state index in [-0.39, 0.29) is 44.2 Å². The van der Waals surface area contributed by atoms with Crippen LogP contribution in [-0.2, 0) is 0 Å². The smallest absolute Gasteiger partial charge is 0.119 e. The summed E-state index contributed by atoms with van der Waals surface area (Å²) in [6.07, 6.45) is 0. The zero-order valence-corrected chi connectivity index (χ0v) is 20.7. The first-order valence-corrected chi connectivity index (χ1v) is 12.5. The molecule has 4 rings (SSSR count). The van der Waals surface area contributed by atoms with Crippen molar-refractivity contribution in [1.82, 2.24) is 0 Å². The maximum atomic E-state index is 9.10. The Morgan fingerprint density at radius 2 is 0.833 bits per heavy atom. The molecule has 4 aromatic carbocycles. The number of benzene rings is 4. The molecule has 186 valence electrons. The molecule has 4 nitrogen and oxygen atoms in total. The molecule has 0 heterocycles. The van der Waals surface area contributed by atoms with Gasteiger partial charge in [-0.15, -0.1) is 0 Å². The van der Waals surface area contributed by atoms with E-state index >= 15 is 0 Å². The Labute approximate surface area is 213 Å². The van der Waals surface area contributed by atoms with Crippen LogP contribution in [0.15, 0.2) is 109 Å². The molecule has 0 aromatic heterocycles. The van der Waals surface area contributed by atoms with Crippen LogP contribution in [0.5, 0.6) is 11.5 Å². The van der Waals surface area contributed by atoms with Gasteiger partial charge in [0.1, 0.15) is 24.7 Å². The summed E-state index contributed by atoms with van der Waals surface area (Å²) in [6, 6.07) is 37.8. The number of aliphatic hydroxyl groups excluding tert-OH is 2. The van der Waals surface area contributed by atoms with Crippen LogP contribution in [0.25, 0.3) is 0 Å². The van der Waals surface area contributed by atoms with E-state index in [1.165, 1.54) is 22.3 Å². The van der Waals surface area contributed by atoms with Crippen LogP contribution in [0.4, 0.5) is 0 Å². The van der Waals surface area contributed by atoms with Crippen LogP contribution in [0, 0.1) is 5.92 Å². The summed E-state index contributed by atoms with van der Waals surface area (Å²) >= 11 is 0. The van der Waals surface area contributed by atoms with Crippen molar-refractivity contribution in [3.05, 3.63) is 131 Å². The van der Waals surface area contributed by atoms with Gasteiger partial charge < -0.3 is 19.7 Å². The van der Waals surface area contributed by atoms with E-state index < -0.39 is 0 Å². The summed E-state index contributed by atoms with van der Waals surface area (Å²) in [4.78, 5) is 0. The molecular weight excluding hydrogens is 448 g/mol. The molecule has 1 unspecified atom stereocenters. The minimum atomic E-state index is -0.0120. The predicted molar refractivity (Wildman–Crippen MR) is 144 cm³/mol. The van der Waals surface area contributed by atoms with Crippen LogP contribution >= 0.6 is 0 Å². The maximum absolute atomic E-state index is 9.10. The van der Waals surface area contributed by atoms with Crippen molar-refractivity contribution in [2.75, 3.05) is 26.4 Å². The van der Waals surface area contributed by atoms with Gasteiger partial charge in [0.2, 0.25) is 0 Å². The molecular formula is C32H34O4. The van der Waals surface area contributed by atoms with Gasteiger partial charge in [0.15, 0.2) is 0 Å². The van der Waals surface area contributed by atoms with Gasteiger partial charge in [0.25, 0.3) is 0 Å². The van der Waals surface area contributed by atoms with Gasteiger partial charge in [-0.05, 0) is 52.4 Å². The fourth-order valence-corrected chi connectivity index (χ4v) is 4.98. The zero-order chi connectivity index (χ0) is 25.2. The lowest BCUT2D eigenvalue weighted by Crippen LogP contribution is -2.20. The summed E-state index contributed by atoms with van der Waals surface area (Å²) in [6.45, 7) is 2.85. The molecule has 4 aromatic rings. The summed E-state index contributed by atoms with van der Waals surface area (Å²) in [5, 5.41) is 18.2. The lowest BCUT2D eigenvalue weighted by Gasteiger charge is -2.33. The first-order valence-electron chi connectivity index (χ1n) is 12.5. The molecule has 0 radical (unpaired) electrons. The quantitative estimate of drug-likeness (QED) is 0.259. The van der Waals surface area contributed by atoms with E-state index in [4.69, 9.17) is 19.7 Å². The minimum absolute atomic E-state index is 0.0120. The molecule has 1 atom stereocenters. The Kier molecular flexibility index (Phi) is 9.15. The number of hydrogen-bond donors (Lipinski definition) is 2. The topological polar surface area (TPSA) is 58.9 Å². The average molecular weight is 483 g/mol. The second-order valence-electron chi connectivity index (χ2n) is 8.92. The van der Waals surface area contributed by atoms with E-state index in [9.17, 15) is 0 Å². The Bertz CT molecular complexity index is 1070. The fraction of sp³-hybridized carbons (Fsp3) is 0.250. The molecule has 0 bridgehead atoms. The van der Waals surface area contributed by atoms with Crippen molar-refractivity contribution in [3.8, 4) is 11.5 Å². The molecule has 0 saturated carbocycles. The molecule has 36 heavy (non-hydrogen) atoms. The number of aliphatic hydroxyl groups is 2. The van der Waals surface area contributed by atoms with Gasteiger partial charge >= 0.3 is 0 Å². The highest BCUT2D eigenvalue weighted by molar-refractivity contribution is 5.42. The summed E-state index contributed by atoms with van der Waals surface area (Å²) in [7, 11) is 0. The highest BCUT2D eigenvalue weighted by Gasteiger charge is 2.30. The van der Waals surface area contributed by atoms with Gasteiger partial charge in [-0.1, -0.05) is 91.9 Å². The van der Waals surface area contributed by atoms with Crippen molar-refractivity contribution in [3.63, 3.8) is 0 Å². The van der Waals surface area contributed by atoms with Crippen molar-refractivity contribution in [2.45, 2.75) is 18.8 Å². The van der Waals surface area contributed by atoms with Crippen LogP contribution in [0.1, 0.15) is 41.0 Å². The normalized spacial score (nSPS) is 12.0. The van der Waals surface area contributed by atoms with Crippen molar-refractivity contribution in [2.24, 2.45) is 5.92 Å². The second-order valence-corrected chi connectivity index (χ2v) is 8.92. The summed E-state index contributed by atoms with van der Waals surface area (Å²) in [5.41, 5.74) is 4.96. The van der Waals surface area contributed by atoms with Crippen LogP contribution < -0.4 is 9.47 Å². The van der Waals surface area contributed by atoms with E-state index in [0.717, 1.165) is 11.5 Å². The van der Waals surface area contributed by atoms with Crippen LogP contribution in [0.3, 0.4) is 0 Å². The molecule has 4 heteroatoms. The summed E-state index contributed by atoms with van der Waals surface area (Å²) < 4.78 is 11.2. The van der Waals surface area contributed by atoms with E-state index in [2.05, 4.69) is 91.9 Å². The third kappa shape index (κ3) is 6.34. The Morgan fingerprint density at radius 3 is 1.17 bits per heavy atom. The van der Waals surface area contributed by atoms with Gasteiger partial charge in [-0.3, -0.25) is 0 Å². The number of ether oxygens (including phenoxy) is 2. The Morgan fingerprint density at radius 1 is 0.500 bits per heavy atom.